The fraction of sp³-hybridized carbons (Fsp3) is 0. The van der Waals surface area contributed by atoms with Gasteiger partial charge >= 0.3 is 0 Å². The maximum Gasteiger partial charge on any atom is 0.261 e. The van der Waals surface area contributed by atoms with Crippen molar-refractivity contribution in [3.63, 3.8) is 0 Å². The largest absolute Gasteiger partial charge is 0.360 e. The van der Waals surface area contributed by atoms with E-state index in [1.54, 1.807) is 54.6 Å². The molecule has 0 saturated heterocycles. The maximum atomic E-state index is 13.0. The SMILES string of the molecule is O=C(Nc1ccccc1S(=O)(=O)c1ccccc1)c1c[nH]c2ccccc2c1=O. The first-order chi connectivity index (χ1) is 14.0. The molecule has 0 bridgehead atoms. The molecule has 4 rings (SSSR count). The number of rotatable bonds is 4. The number of fused-ring (bicyclic) bond motifs is 1. The fourth-order valence-electron chi connectivity index (χ4n) is 3.06. The van der Waals surface area contributed by atoms with Crippen LogP contribution in [0.4, 0.5) is 5.69 Å². The molecule has 0 unspecified atom stereocenters. The third kappa shape index (κ3) is 3.43. The number of pyridine rings is 1. The van der Waals surface area contributed by atoms with E-state index in [-0.39, 0.29) is 21.0 Å². The first kappa shape index (κ1) is 18.6. The zero-order valence-electron chi connectivity index (χ0n) is 15.1. The summed E-state index contributed by atoms with van der Waals surface area (Å²) in [5.74, 6) is -0.687. The van der Waals surface area contributed by atoms with Crippen LogP contribution >= 0.6 is 0 Å². The number of para-hydroxylation sites is 2. The van der Waals surface area contributed by atoms with Crippen LogP contribution in [0, 0.1) is 0 Å². The Morgan fingerprint density at radius 1 is 0.828 bits per heavy atom. The molecule has 0 fully saturated rings. The average Bonchev–Trinajstić information content (AvgIpc) is 2.75. The number of H-pyrrole nitrogens is 1. The third-order valence-corrected chi connectivity index (χ3v) is 6.34. The second-order valence-corrected chi connectivity index (χ2v) is 8.26. The Balaban J connectivity index is 1.74. The molecule has 4 aromatic rings. The lowest BCUT2D eigenvalue weighted by Gasteiger charge is -2.12. The van der Waals surface area contributed by atoms with Gasteiger partial charge in [-0.25, -0.2) is 8.42 Å². The number of anilines is 1. The summed E-state index contributed by atoms with van der Waals surface area (Å²) in [5.41, 5.74) is 0.186. The molecule has 6 nitrogen and oxygen atoms in total. The van der Waals surface area contributed by atoms with E-state index in [2.05, 4.69) is 10.3 Å². The number of sulfone groups is 1. The highest BCUT2D eigenvalue weighted by molar-refractivity contribution is 7.91. The standard InChI is InChI=1S/C22H16N2O4S/c25-21-16-10-4-5-11-18(16)23-14-17(21)22(26)24-19-12-6-7-13-20(19)29(27,28)15-8-2-1-3-9-15/h1-14H,(H,23,25)(H,24,26). The van der Waals surface area contributed by atoms with Crippen LogP contribution in [0.15, 0.2) is 99.6 Å². The molecule has 1 heterocycles. The van der Waals surface area contributed by atoms with Crippen molar-refractivity contribution >= 4 is 32.3 Å². The Bertz CT molecular complexity index is 1380. The summed E-state index contributed by atoms with van der Waals surface area (Å²) >= 11 is 0. The van der Waals surface area contributed by atoms with Crippen LogP contribution in [0.1, 0.15) is 10.4 Å². The van der Waals surface area contributed by atoms with Gasteiger partial charge in [0.25, 0.3) is 5.91 Å². The number of benzene rings is 3. The average molecular weight is 404 g/mol. The molecular formula is C22H16N2O4S. The van der Waals surface area contributed by atoms with Crippen molar-refractivity contribution in [3.05, 3.63) is 101 Å². The lowest BCUT2D eigenvalue weighted by Crippen LogP contribution is -2.22. The molecule has 1 amide bonds. The lowest BCUT2D eigenvalue weighted by atomic mass is 10.1. The van der Waals surface area contributed by atoms with Gasteiger partial charge in [-0.1, -0.05) is 42.5 Å². The van der Waals surface area contributed by atoms with Crippen molar-refractivity contribution in [2.75, 3.05) is 5.32 Å². The Kier molecular flexibility index (Phi) is 4.74. The van der Waals surface area contributed by atoms with E-state index < -0.39 is 21.2 Å². The number of hydrogen-bond acceptors (Lipinski definition) is 4. The van der Waals surface area contributed by atoms with E-state index in [1.807, 2.05) is 0 Å². The van der Waals surface area contributed by atoms with Crippen molar-refractivity contribution in [2.45, 2.75) is 9.79 Å². The summed E-state index contributed by atoms with van der Waals surface area (Å²) in [6, 6.07) is 20.9. The molecule has 0 spiro atoms. The monoisotopic (exact) mass is 404 g/mol. The van der Waals surface area contributed by atoms with Crippen LogP contribution in [0.5, 0.6) is 0 Å². The molecule has 0 atom stereocenters. The fourth-order valence-corrected chi connectivity index (χ4v) is 4.49. The van der Waals surface area contributed by atoms with Crippen molar-refractivity contribution in [2.24, 2.45) is 0 Å². The number of aromatic amines is 1. The van der Waals surface area contributed by atoms with Gasteiger partial charge in [-0.3, -0.25) is 9.59 Å². The molecular weight excluding hydrogens is 388 g/mol. The second kappa shape index (κ2) is 7.37. The van der Waals surface area contributed by atoms with Crippen molar-refractivity contribution in [1.29, 1.82) is 0 Å². The van der Waals surface area contributed by atoms with E-state index in [9.17, 15) is 18.0 Å². The van der Waals surface area contributed by atoms with Gasteiger partial charge in [-0.15, -0.1) is 0 Å². The molecule has 144 valence electrons. The van der Waals surface area contributed by atoms with Crippen LogP contribution in [-0.2, 0) is 9.84 Å². The summed E-state index contributed by atoms with van der Waals surface area (Å²) in [5, 5.41) is 2.95. The van der Waals surface area contributed by atoms with E-state index in [1.165, 1.54) is 30.5 Å². The number of aromatic nitrogens is 1. The Morgan fingerprint density at radius 2 is 1.48 bits per heavy atom. The Morgan fingerprint density at radius 3 is 2.28 bits per heavy atom. The molecule has 0 aliphatic rings. The minimum Gasteiger partial charge on any atom is -0.360 e. The van der Waals surface area contributed by atoms with Gasteiger partial charge in [0.1, 0.15) is 5.56 Å². The Hall–Kier alpha value is -3.71. The minimum absolute atomic E-state index is 0.0447. The first-order valence-corrected chi connectivity index (χ1v) is 10.3. The van der Waals surface area contributed by atoms with Gasteiger partial charge in [0.05, 0.1) is 15.5 Å². The van der Waals surface area contributed by atoms with E-state index in [0.29, 0.717) is 10.9 Å². The van der Waals surface area contributed by atoms with E-state index in [4.69, 9.17) is 0 Å². The number of hydrogen-bond donors (Lipinski definition) is 2. The molecule has 0 aliphatic heterocycles. The molecule has 3 aromatic carbocycles. The normalized spacial score (nSPS) is 11.3. The summed E-state index contributed by atoms with van der Waals surface area (Å²) in [6.45, 7) is 0. The van der Waals surface area contributed by atoms with Crippen LogP contribution in [0.2, 0.25) is 0 Å². The Labute approximate surface area is 166 Å². The highest BCUT2D eigenvalue weighted by atomic mass is 32.2. The molecule has 0 aliphatic carbocycles. The van der Waals surface area contributed by atoms with Crippen LogP contribution in [0.25, 0.3) is 10.9 Å². The van der Waals surface area contributed by atoms with Crippen molar-refractivity contribution in [3.8, 4) is 0 Å². The first-order valence-electron chi connectivity index (χ1n) is 8.79. The number of amides is 1. The topological polar surface area (TPSA) is 96.1 Å². The van der Waals surface area contributed by atoms with Gasteiger partial charge in [0.15, 0.2) is 0 Å². The summed E-state index contributed by atoms with van der Waals surface area (Å²) < 4.78 is 26.0. The highest BCUT2D eigenvalue weighted by Gasteiger charge is 2.22. The molecule has 2 N–H and O–H groups in total. The highest BCUT2D eigenvalue weighted by Crippen LogP contribution is 2.27. The predicted octanol–water partition coefficient (Wildman–Crippen LogP) is 3.61. The van der Waals surface area contributed by atoms with Gasteiger partial charge < -0.3 is 10.3 Å². The molecule has 29 heavy (non-hydrogen) atoms. The third-order valence-electron chi connectivity index (χ3n) is 4.51. The number of carbonyl (C=O) groups excluding carboxylic acids is 1. The second-order valence-electron chi connectivity index (χ2n) is 6.34. The minimum atomic E-state index is -3.84. The van der Waals surface area contributed by atoms with Gasteiger partial charge in [0, 0.05) is 17.1 Å². The lowest BCUT2D eigenvalue weighted by molar-refractivity contribution is 0.102. The van der Waals surface area contributed by atoms with Crippen LogP contribution < -0.4 is 10.7 Å². The van der Waals surface area contributed by atoms with Crippen LogP contribution in [-0.4, -0.2) is 19.3 Å². The number of nitrogens with one attached hydrogen (secondary N) is 2. The zero-order valence-corrected chi connectivity index (χ0v) is 15.9. The summed E-state index contributed by atoms with van der Waals surface area (Å²) in [7, 11) is -3.84. The maximum absolute atomic E-state index is 13.0. The van der Waals surface area contributed by atoms with Gasteiger partial charge in [0.2, 0.25) is 15.3 Å². The molecule has 0 saturated carbocycles. The zero-order chi connectivity index (χ0) is 20.4. The van der Waals surface area contributed by atoms with Crippen molar-refractivity contribution in [1.82, 2.24) is 4.98 Å². The molecule has 0 radical (unpaired) electrons. The quantitative estimate of drug-likeness (QED) is 0.543. The van der Waals surface area contributed by atoms with Crippen molar-refractivity contribution < 1.29 is 13.2 Å². The van der Waals surface area contributed by atoms with Gasteiger partial charge in [-0.2, -0.15) is 0 Å². The van der Waals surface area contributed by atoms with E-state index >= 15 is 0 Å². The smallest absolute Gasteiger partial charge is 0.261 e. The van der Waals surface area contributed by atoms with Crippen LogP contribution in [0.3, 0.4) is 0 Å². The predicted molar refractivity (Wildman–Crippen MR) is 111 cm³/mol. The summed E-state index contributed by atoms with van der Waals surface area (Å²) in [4.78, 5) is 28.4. The number of carbonyl (C=O) groups is 1. The summed E-state index contributed by atoms with van der Waals surface area (Å²) in [6.07, 6.45) is 1.33. The van der Waals surface area contributed by atoms with E-state index in [0.717, 1.165) is 0 Å². The van der Waals surface area contributed by atoms with Gasteiger partial charge in [-0.05, 0) is 36.4 Å². The molecule has 7 heteroatoms. The molecule has 1 aromatic heterocycles.